The zero-order chi connectivity index (χ0) is 70.4. The number of fused-ring (bicyclic) bond motifs is 1. The summed E-state index contributed by atoms with van der Waals surface area (Å²) in [5.74, 6) is -14.0. The van der Waals surface area contributed by atoms with Crippen molar-refractivity contribution in [3.05, 3.63) is 36.0 Å². The summed E-state index contributed by atoms with van der Waals surface area (Å²) in [4.78, 5) is 194. The Bertz CT molecular complexity index is 2960. The lowest BCUT2D eigenvalue weighted by atomic mass is 9.96. The molecule has 1 aliphatic rings. The minimum atomic E-state index is -1.78. The number of thiol groups is 2. The van der Waals surface area contributed by atoms with Gasteiger partial charge in [0.15, 0.2) is 0 Å². The number of nitrogens with zero attached hydrogens (tertiary/aromatic N) is 1. The van der Waals surface area contributed by atoms with Gasteiger partial charge >= 0.3 is 5.97 Å². The second-order valence-corrected chi connectivity index (χ2v) is 24.5. The maximum absolute atomic E-state index is 14.9. The van der Waals surface area contributed by atoms with Crippen molar-refractivity contribution in [2.45, 2.75) is 197 Å². The Kier molecular flexibility index (Phi) is 34.9. The number of nitrogens with two attached hydrogens (primary N) is 6. The number of carboxylic acid groups (broad SMARTS) is 1. The van der Waals surface area contributed by atoms with Gasteiger partial charge in [-0.15, -0.1) is 0 Å². The van der Waals surface area contributed by atoms with Crippen molar-refractivity contribution in [1.29, 1.82) is 0 Å². The maximum atomic E-state index is 14.9. The molecule has 0 bridgehead atoms. The van der Waals surface area contributed by atoms with Crippen molar-refractivity contribution >= 4 is 119 Å². The Labute approximate surface area is 556 Å². The van der Waals surface area contributed by atoms with Crippen LogP contribution in [0.5, 0.6) is 0 Å². The summed E-state index contributed by atoms with van der Waals surface area (Å²) in [6.07, 6.45) is 0.752. The van der Waals surface area contributed by atoms with Crippen LogP contribution < -0.4 is 82.3 Å². The molecule has 0 aliphatic carbocycles. The number of nitrogens with one attached hydrogen (secondary N) is 10. The summed E-state index contributed by atoms with van der Waals surface area (Å²) in [6.45, 7) is 7.21. The number of likely N-dealkylation sites (tertiary alicyclic amines) is 1. The highest BCUT2D eigenvalue weighted by atomic mass is 32.1. The van der Waals surface area contributed by atoms with Crippen LogP contribution in [-0.4, -0.2) is 195 Å². The molecule has 1 aromatic carbocycles. The van der Waals surface area contributed by atoms with E-state index in [4.69, 9.17) is 34.4 Å². The fourth-order valence-electron chi connectivity index (χ4n) is 10.4. The standard InChI is InChI=1S/C60H97N17O15S2/c1-5-32(4)49(76-54(86)39(19-21-47(65)79)68-51(83)35(63)29-93)59(91)74-42(26-33-28-67-36-14-7-6-13-34(33)36)56(88)69-37(15-8-10-22-61)52(84)70-38(18-20-46(64)78)53(85)71-40(16-9-11-23-62)60(92)77-24-12-17-45(77)58(90)73-43(27-48(80)81)57(89)72-41(25-31(2)3)55(87)75-44(30-94)50(66)82/h6-7,13-14,28,31-32,35,37-45,49,67,93-94H,5,8-12,15-27,29-30,61-63H2,1-4H3,(H2,64,78)(H2,65,79)(H2,66,82)(H,68,83)(H,69,88)(H,70,84)(H,71,85)(H,72,89)(H,73,90)(H,74,91)(H,75,87)(H,76,86)(H,80,81)/t32-,35+,37+,38+,39+,40+,41+,42+,43+,44+,45+,49+/m0/s1. The summed E-state index contributed by atoms with van der Waals surface area (Å²) < 4.78 is 0. The van der Waals surface area contributed by atoms with Gasteiger partial charge in [0.05, 0.1) is 12.5 Å². The number of hydrogen-bond acceptors (Lipinski definition) is 19. The van der Waals surface area contributed by atoms with Gasteiger partial charge in [-0.05, 0) is 107 Å². The van der Waals surface area contributed by atoms with Crippen LogP contribution in [-0.2, 0) is 73.5 Å². The SMILES string of the molecule is CC[C@H](C)[C@@H](NC(=O)[C@@H](CCC(N)=O)NC(=O)[C@H](N)CS)C(=O)N[C@H](Cc1c[nH]c2ccccc12)C(=O)N[C@H](CCCCN)C(=O)N[C@H](CCC(N)=O)C(=O)N[C@H](CCCCN)C(=O)N1CCC[C@@H]1C(=O)N[C@H](CC(=O)O)C(=O)N[C@H](CC(C)C)C(=O)N[C@H](CS)C(N)=O. The predicted molar refractivity (Wildman–Crippen MR) is 353 cm³/mol. The number of amides is 13. The van der Waals surface area contributed by atoms with Gasteiger partial charge in [0, 0.05) is 54.4 Å². The third-order valence-corrected chi connectivity index (χ3v) is 16.6. The Hall–Kier alpha value is -8.08. The molecule has 524 valence electrons. The number of primary amides is 3. The predicted octanol–water partition coefficient (Wildman–Crippen LogP) is -3.91. The van der Waals surface area contributed by atoms with Gasteiger partial charge in [-0.3, -0.25) is 67.1 Å². The van der Waals surface area contributed by atoms with Crippen LogP contribution in [0.4, 0.5) is 0 Å². The first-order valence-corrected chi connectivity index (χ1v) is 32.8. The molecular weight excluding hydrogens is 1260 g/mol. The largest absolute Gasteiger partial charge is 0.481 e. The van der Waals surface area contributed by atoms with E-state index in [0.29, 0.717) is 35.7 Å². The molecule has 94 heavy (non-hydrogen) atoms. The molecule has 2 aromatic rings. The van der Waals surface area contributed by atoms with E-state index in [1.807, 2.05) is 0 Å². The Morgan fingerprint density at radius 2 is 1.09 bits per heavy atom. The molecule has 34 heteroatoms. The zero-order valence-corrected chi connectivity index (χ0v) is 55.5. The van der Waals surface area contributed by atoms with E-state index in [9.17, 15) is 72.2 Å². The smallest absolute Gasteiger partial charge is 0.305 e. The van der Waals surface area contributed by atoms with Crippen LogP contribution in [0.15, 0.2) is 30.5 Å². The normalized spacial score (nSPS) is 16.4. The number of rotatable bonds is 44. The minimum absolute atomic E-state index is 0.0221. The van der Waals surface area contributed by atoms with Crippen LogP contribution >= 0.6 is 25.3 Å². The monoisotopic (exact) mass is 1360 g/mol. The number of benzene rings is 1. The third kappa shape index (κ3) is 26.4. The van der Waals surface area contributed by atoms with Crippen LogP contribution in [0.25, 0.3) is 10.9 Å². The van der Waals surface area contributed by atoms with Crippen molar-refractivity contribution in [2.24, 2.45) is 46.2 Å². The summed E-state index contributed by atoms with van der Waals surface area (Å²) in [6, 6.07) is -8.32. The summed E-state index contributed by atoms with van der Waals surface area (Å²) in [7, 11) is 0. The Morgan fingerprint density at radius 1 is 0.596 bits per heavy atom. The fourth-order valence-corrected chi connectivity index (χ4v) is 10.8. The quantitative estimate of drug-likeness (QED) is 0.0223. The van der Waals surface area contributed by atoms with Gasteiger partial charge < -0.3 is 97.2 Å². The number of unbranched alkanes of at least 4 members (excludes halogenated alkanes) is 2. The molecule has 1 fully saturated rings. The number of aromatic amines is 1. The molecule has 1 aromatic heterocycles. The molecule has 1 aliphatic heterocycles. The minimum Gasteiger partial charge on any atom is -0.481 e. The van der Waals surface area contributed by atoms with Crippen LogP contribution in [0.3, 0.4) is 0 Å². The molecule has 23 N–H and O–H groups in total. The van der Waals surface area contributed by atoms with Crippen LogP contribution in [0.1, 0.15) is 130 Å². The van der Waals surface area contributed by atoms with E-state index in [2.05, 4.69) is 78.1 Å². The lowest BCUT2D eigenvalue weighted by molar-refractivity contribution is -0.144. The van der Waals surface area contributed by atoms with Crippen molar-refractivity contribution in [1.82, 2.24) is 57.7 Å². The van der Waals surface area contributed by atoms with Crippen LogP contribution in [0, 0.1) is 11.8 Å². The van der Waals surface area contributed by atoms with Crippen LogP contribution in [0.2, 0.25) is 0 Å². The van der Waals surface area contributed by atoms with E-state index in [-0.39, 0.29) is 101 Å². The summed E-state index contributed by atoms with van der Waals surface area (Å²) >= 11 is 8.09. The fraction of sp³-hybridized carbons (Fsp3) is 0.633. The number of carbonyl (C=O) groups excluding carboxylic acids is 13. The number of hydrogen-bond donors (Lipinski definition) is 19. The number of aromatic nitrogens is 1. The molecule has 0 radical (unpaired) electrons. The molecule has 2 heterocycles. The first kappa shape index (κ1) is 80.2. The van der Waals surface area contributed by atoms with Gasteiger partial charge in [0.1, 0.15) is 60.4 Å². The average Bonchev–Trinajstić information content (AvgIpc) is 1.64. The number of H-pyrrole nitrogens is 1. The van der Waals surface area contributed by atoms with E-state index < -0.39 is 174 Å². The molecule has 0 saturated carbocycles. The van der Waals surface area contributed by atoms with E-state index in [0.717, 1.165) is 4.90 Å². The second-order valence-electron chi connectivity index (χ2n) is 23.8. The number of aliphatic carboxylic acids is 1. The molecule has 13 amide bonds. The van der Waals surface area contributed by atoms with E-state index in [1.165, 1.54) is 0 Å². The number of carboxylic acids is 1. The lowest BCUT2D eigenvalue weighted by Crippen LogP contribution is -2.61. The van der Waals surface area contributed by atoms with E-state index >= 15 is 0 Å². The van der Waals surface area contributed by atoms with Gasteiger partial charge in [0.2, 0.25) is 76.8 Å². The van der Waals surface area contributed by atoms with Crippen molar-refractivity contribution in [3.8, 4) is 0 Å². The molecule has 0 unspecified atom stereocenters. The van der Waals surface area contributed by atoms with E-state index in [1.54, 1.807) is 58.2 Å². The third-order valence-electron chi connectivity index (χ3n) is 15.9. The topological polar surface area (TPSA) is 543 Å². The highest BCUT2D eigenvalue weighted by Gasteiger charge is 2.41. The molecular formula is C60H97N17O15S2. The van der Waals surface area contributed by atoms with Gasteiger partial charge in [-0.1, -0.05) is 52.3 Å². The van der Waals surface area contributed by atoms with Crippen molar-refractivity contribution in [2.75, 3.05) is 31.1 Å². The number of carbonyl (C=O) groups is 14. The van der Waals surface area contributed by atoms with Gasteiger partial charge in [-0.25, -0.2) is 0 Å². The highest BCUT2D eigenvalue weighted by molar-refractivity contribution is 7.80. The Balaban J connectivity index is 2.01. The maximum Gasteiger partial charge on any atom is 0.305 e. The number of para-hydroxylation sites is 1. The summed E-state index contributed by atoms with van der Waals surface area (Å²) in [5, 5.41) is 33.7. The zero-order valence-electron chi connectivity index (χ0n) is 53.7. The molecule has 12 atom stereocenters. The summed E-state index contributed by atoms with van der Waals surface area (Å²) in [5.41, 5.74) is 35.1. The lowest BCUT2D eigenvalue weighted by Gasteiger charge is -2.31. The van der Waals surface area contributed by atoms with Gasteiger partial charge in [0.25, 0.3) is 0 Å². The average molecular weight is 1360 g/mol. The van der Waals surface area contributed by atoms with Crippen molar-refractivity contribution in [3.63, 3.8) is 0 Å². The molecule has 0 spiro atoms. The molecule has 1 saturated heterocycles. The first-order valence-electron chi connectivity index (χ1n) is 31.5. The highest BCUT2D eigenvalue weighted by Crippen LogP contribution is 2.23. The second kappa shape index (κ2) is 40.9. The van der Waals surface area contributed by atoms with Crippen molar-refractivity contribution < 1.29 is 72.2 Å². The van der Waals surface area contributed by atoms with Gasteiger partial charge in [-0.2, -0.15) is 25.3 Å². The Morgan fingerprint density at radius 3 is 1.62 bits per heavy atom. The molecule has 32 nitrogen and oxygen atoms in total. The first-order chi connectivity index (χ1) is 44.5. The molecule has 3 rings (SSSR count).